The van der Waals surface area contributed by atoms with Crippen molar-refractivity contribution in [3.05, 3.63) is 42.0 Å². The standard InChI is InChI=1S/C15H13N3O/c16-8-10-5-6-14(13-4-2-1-3-12(10)13)18-11-7-15(19)17-9-11/h1-6,11,18H,7,9H2,(H,17,19). The van der Waals surface area contributed by atoms with Gasteiger partial charge in [-0.25, -0.2) is 0 Å². The van der Waals surface area contributed by atoms with E-state index in [1.54, 1.807) is 0 Å². The monoisotopic (exact) mass is 251 g/mol. The molecule has 1 fully saturated rings. The van der Waals surface area contributed by atoms with Crippen molar-refractivity contribution < 1.29 is 4.79 Å². The zero-order chi connectivity index (χ0) is 13.2. The van der Waals surface area contributed by atoms with Crippen molar-refractivity contribution in [3.8, 4) is 6.07 Å². The van der Waals surface area contributed by atoms with Crippen molar-refractivity contribution in [1.82, 2.24) is 5.32 Å². The SMILES string of the molecule is N#Cc1ccc(NC2CNC(=O)C2)c2ccccc12. The van der Waals surface area contributed by atoms with Crippen LogP contribution in [0.2, 0.25) is 0 Å². The lowest BCUT2D eigenvalue weighted by atomic mass is 10.0. The topological polar surface area (TPSA) is 64.9 Å². The molecule has 0 spiro atoms. The van der Waals surface area contributed by atoms with E-state index in [4.69, 9.17) is 5.26 Å². The molecule has 19 heavy (non-hydrogen) atoms. The van der Waals surface area contributed by atoms with Gasteiger partial charge in [0.05, 0.1) is 17.7 Å². The Labute approximate surface area is 111 Å². The minimum absolute atomic E-state index is 0.0791. The summed E-state index contributed by atoms with van der Waals surface area (Å²) in [7, 11) is 0. The van der Waals surface area contributed by atoms with Gasteiger partial charge in [0.15, 0.2) is 0 Å². The lowest BCUT2D eigenvalue weighted by molar-refractivity contribution is -0.119. The lowest BCUT2D eigenvalue weighted by Crippen LogP contribution is -2.22. The zero-order valence-electron chi connectivity index (χ0n) is 10.3. The maximum absolute atomic E-state index is 11.2. The van der Waals surface area contributed by atoms with Crippen molar-refractivity contribution in [2.45, 2.75) is 12.5 Å². The van der Waals surface area contributed by atoms with Gasteiger partial charge in [0, 0.05) is 29.4 Å². The van der Waals surface area contributed by atoms with Crippen LogP contribution in [0.5, 0.6) is 0 Å². The number of hydrogen-bond acceptors (Lipinski definition) is 3. The molecule has 0 bridgehead atoms. The highest BCUT2D eigenvalue weighted by atomic mass is 16.1. The van der Waals surface area contributed by atoms with E-state index in [0.717, 1.165) is 16.5 Å². The third-order valence-electron chi connectivity index (χ3n) is 3.38. The Morgan fingerprint density at radius 2 is 2.00 bits per heavy atom. The van der Waals surface area contributed by atoms with Gasteiger partial charge in [-0.15, -0.1) is 0 Å². The summed E-state index contributed by atoms with van der Waals surface area (Å²) in [4.78, 5) is 11.2. The zero-order valence-corrected chi connectivity index (χ0v) is 10.3. The Balaban J connectivity index is 2.00. The van der Waals surface area contributed by atoms with Gasteiger partial charge < -0.3 is 10.6 Å². The van der Waals surface area contributed by atoms with Gasteiger partial charge in [-0.05, 0) is 12.1 Å². The van der Waals surface area contributed by atoms with Crippen molar-refractivity contribution in [2.75, 3.05) is 11.9 Å². The Bertz CT molecular complexity index is 687. The smallest absolute Gasteiger partial charge is 0.222 e. The summed E-state index contributed by atoms with van der Waals surface area (Å²) in [5.41, 5.74) is 1.64. The fourth-order valence-corrected chi connectivity index (χ4v) is 2.45. The summed E-state index contributed by atoms with van der Waals surface area (Å²) in [5.74, 6) is 0.0791. The molecule has 2 aromatic rings. The van der Waals surface area contributed by atoms with E-state index < -0.39 is 0 Å². The second kappa shape index (κ2) is 4.62. The van der Waals surface area contributed by atoms with Crippen LogP contribution in [0.4, 0.5) is 5.69 Å². The van der Waals surface area contributed by atoms with Crippen LogP contribution in [0.1, 0.15) is 12.0 Å². The number of fused-ring (bicyclic) bond motifs is 1. The van der Waals surface area contributed by atoms with Gasteiger partial charge in [0.2, 0.25) is 5.91 Å². The largest absolute Gasteiger partial charge is 0.380 e. The quantitative estimate of drug-likeness (QED) is 0.858. The summed E-state index contributed by atoms with van der Waals surface area (Å²) in [5, 5.41) is 17.3. The lowest BCUT2D eigenvalue weighted by Gasteiger charge is -2.14. The van der Waals surface area contributed by atoms with Crippen molar-refractivity contribution in [3.63, 3.8) is 0 Å². The number of nitrogens with one attached hydrogen (secondary N) is 2. The number of carbonyl (C=O) groups excluding carboxylic acids is 1. The molecule has 0 aromatic heterocycles. The molecule has 4 heteroatoms. The Morgan fingerprint density at radius 1 is 1.21 bits per heavy atom. The maximum atomic E-state index is 11.2. The molecule has 1 aliphatic heterocycles. The molecule has 94 valence electrons. The van der Waals surface area contributed by atoms with Crippen LogP contribution in [0.15, 0.2) is 36.4 Å². The van der Waals surface area contributed by atoms with Gasteiger partial charge in [0.1, 0.15) is 0 Å². The van der Waals surface area contributed by atoms with Crippen LogP contribution < -0.4 is 10.6 Å². The van der Waals surface area contributed by atoms with Gasteiger partial charge in [-0.3, -0.25) is 4.79 Å². The summed E-state index contributed by atoms with van der Waals surface area (Å²) < 4.78 is 0. The fraction of sp³-hybridized carbons (Fsp3) is 0.200. The number of benzene rings is 2. The van der Waals surface area contributed by atoms with Crippen LogP contribution in [-0.4, -0.2) is 18.5 Å². The first-order chi connectivity index (χ1) is 9.28. The van der Waals surface area contributed by atoms with Gasteiger partial charge in [0.25, 0.3) is 0 Å². The molecule has 1 aliphatic rings. The second-order valence-electron chi connectivity index (χ2n) is 4.67. The molecule has 2 aromatic carbocycles. The summed E-state index contributed by atoms with van der Waals surface area (Å²) in [6.45, 7) is 0.646. The van der Waals surface area contributed by atoms with E-state index in [-0.39, 0.29) is 11.9 Å². The van der Waals surface area contributed by atoms with E-state index >= 15 is 0 Å². The van der Waals surface area contributed by atoms with Crippen molar-refractivity contribution in [1.29, 1.82) is 5.26 Å². The van der Waals surface area contributed by atoms with E-state index in [0.29, 0.717) is 18.5 Å². The third kappa shape index (κ3) is 2.11. The number of carbonyl (C=O) groups is 1. The highest BCUT2D eigenvalue weighted by Gasteiger charge is 2.21. The minimum Gasteiger partial charge on any atom is -0.380 e. The molecular formula is C15H13N3O. The van der Waals surface area contributed by atoms with E-state index in [1.165, 1.54) is 0 Å². The number of amides is 1. The molecule has 0 aliphatic carbocycles. The van der Waals surface area contributed by atoms with Gasteiger partial charge in [-0.1, -0.05) is 24.3 Å². The highest BCUT2D eigenvalue weighted by molar-refractivity contribution is 5.97. The molecular weight excluding hydrogens is 238 g/mol. The predicted octanol–water partition coefficient (Wildman–Crippen LogP) is 2.01. The number of nitrogens with zero attached hydrogens (tertiary/aromatic N) is 1. The summed E-state index contributed by atoms with van der Waals surface area (Å²) in [6, 6.07) is 13.8. The van der Waals surface area contributed by atoms with E-state index in [1.807, 2.05) is 36.4 Å². The normalized spacial score (nSPS) is 18.1. The number of hydrogen-bond donors (Lipinski definition) is 2. The molecule has 0 saturated carbocycles. The summed E-state index contributed by atoms with van der Waals surface area (Å²) >= 11 is 0. The first-order valence-electron chi connectivity index (χ1n) is 6.23. The molecule has 3 rings (SSSR count). The van der Waals surface area contributed by atoms with Crippen molar-refractivity contribution >= 4 is 22.4 Å². The average molecular weight is 251 g/mol. The van der Waals surface area contributed by atoms with Crippen LogP contribution in [0, 0.1) is 11.3 Å². The van der Waals surface area contributed by atoms with Crippen LogP contribution in [-0.2, 0) is 4.79 Å². The number of anilines is 1. The Hall–Kier alpha value is -2.54. The molecule has 1 amide bonds. The first-order valence-corrected chi connectivity index (χ1v) is 6.23. The molecule has 1 unspecified atom stereocenters. The van der Waals surface area contributed by atoms with Gasteiger partial charge >= 0.3 is 0 Å². The van der Waals surface area contributed by atoms with E-state index in [9.17, 15) is 4.79 Å². The predicted molar refractivity (Wildman–Crippen MR) is 73.7 cm³/mol. The third-order valence-corrected chi connectivity index (χ3v) is 3.38. The average Bonchev–Trinajstić information content (AvgIpc) is 2.85. The molecule has 2 N–H and O–H groups in total. The van der Waals surface area contributed by atoms with E-state index in [2.05, 4.69) is 16.7 Å². The Morgan fingerprint density at radius 3 is 2.68 bits per heavy atom. The summed E-state index contributed by atoms with van der Waals surface area (Å²) in [6.07, 6.45) is 0.494. The fourth-order valence-electron chi connectivity index (χ4n) is 2.45. The van der Waals surface area contributed by atoms with Crippen LogP contribution >= 0.6 is 0 Å². The van der Waals surface area contributed by atoms with Crippen LogP contribution in [0.25, 0.3) is 10.8 Å². The maximum Gasteiger partial charge on any atom is 0.222 e. The number of rotatable bonds is 2. The molecule has 0 radical (unpaired) electrons. The molecule has 1 heterocycles. The van der Waals surface area contributed by atoms with Crippen molar-refractivity contribution in [2.24, 2.45) is 0 Å². The molecule has 1 atom stereocenters. The Kier molecular flexibility index (Phi) is 2.81. The molecule has 4 nitrogen and oxygen atoms in total. The van der Waals surface area contributed by atoms with Gasteiger partial charge in [-0.2, -0.15) is 5.26 Å². The molecule has 1 saturated heterocycles. The highest BCUT2D eigenvalue weighted by Crippen LogP contribution is 2.27. The van der Waals surface area contributed by atoms with Crippen LogP contribution in [0.3, 0.4) is 0 Å². The second-order valence-corrected chi connectivity index (χ2v) is 4.67. The first kappa shape index (κ1) is 11.5. The number of nitriles is 1. The minimum atomic E-state index is 0.0791.